The van der Waals surface area contributed by atoms with Gasteiger partial charge in [0.15, 0.2) is 0 Å². The average molecular weight is 290 g/mol. The number of nitrogens with two attached hydrogens (primary N) is 1. The van der Waals surface area contributed by atoms with Crippen LogP contribution in [0.4, 0.5) is 11.9 Å². The molecule has 2 aromatic heterocycles. The van der Waals surface area contributed by atoms with Gasteiger partial charge >= 0.3 is 0 Å². The molecule has 0 saturated carbocycles. The molecule has 0 aromatic carbocycles. The lowest BCUT2D eigenvalue weighted by molar-refractivity contribution is 0.139. The summed E-state index contributed by atoms with van der Waals surface area (Å²) in [5, 5.41) is 4.01. The lowest BCUT2D eigenvalue weighted by atomic mass is 9.98. The lowest BCUT2D eigenvalue weighted by Crippen LogP contribution is -2.36. The Morgan fingerprint density at radius 3 is 2.67 bits per heavy atom. The zero-order valence-electron chi connectivity index (χ0n) is 11.9. The van der Waals surface area contributed by atoms with E-state index in [4.69, 9.17) is 10.5 Å². The largest absolute Gasteiger partial charge is 0.384 e. The fourth-order valence-electron chi connectivity index (χ4n) is 2.46. The first-order valence-corrected chi connectivity index (χ1v) is 6.86. The van der Waals surface area contributed by atoms with Crippen LogP contribution in [0, 0.1) is 5.92 Å². The van der Waals surface area contributed by atoms with E-state index < -0.39 is 0 Å². The second-order valence-corrected chi connectivity index (χ2v) is 5.02. The van der Waals surface area contributed by atoms with E-state index in [1.54, 1.807) is 7.11 Å². The van der Waals surface area contributed by atoms with E-state index in [2.05, 4.69) is 29.9 Å². The van der Waals surface area contributed by atoms with Crippen LogP contribution in [0.1, 0.15) is 12.8 Å². The molecule has 112 valence electrons. The molecule has 0 spiro atoms. The molecule has 0 atom stereocenters. The second-order valence-electron chi connectivity index (χ2n) is 5.02. The molecule has 1 aliphatic rings. The zero-order valence-corrected chi connectivity index (χ0v) is 11.9. The molecule has 2 aromatic rings. The highest BCUT2D eigenvalue weighted by molar-refractivity contribution is 5.37. The summed E-state index contributed by atoms with van der Waals surface area (Å²) in [6.07, 6.45) is 5.06. The summed E-state index contributed by atoms with van der Waals surface area (Å²) in [5.41, 5.74) is 5.78. The smallest absolute Gasteiger partial charge is 0.258 e. The highest BCUT2D eigenvalue weighted by Crippen LogP contribution is 2.21. The Kier molecular flexibility index (Phi) is 3.91. The number of piperidine rings is 1. The molecule has 1 saturated heterocycles. The standard InChI is InChI=1S/C12H18N8O/c1-21-6-9-2-4-19(5-3-9)11-16-10(13)17-12(18-11)20-8-14-7-15-20/h7-9H,2-6H2,1H3,(H2,13,16,17,18). The van der Waals surface area contributed by atoms with Gasteiger partial charge in [0.2, 0.25) is 11.9 Å². The molecule has 3 heterocycles. The molecule has 21 heavy (non-hydrogen) atoms. The van der Waals surface area contributed by atoms with E-state index in [-0.39, 0.29) is 5.95 Å². The van der Waals surface area contributed by atoms with Crippen molar-refractivity contribution in [2.45, 2.75) is 12.8 Å². The molecule has 1 fully saturated rings. The van der Waals surface area contributed by atoms with E-state index in [1.807, 2.05) is 0 Å². The number of hydrogen-bond acceptors (Lipinski definition) is 8. The van der Waals surface area contributed by atoms with Crippen LogP contribution in [0.5, 0.6) is 0 Å². The molecule has 0 bridgehead atoms. The van der Waals surface area contributed by atoms with Crippen molar-refractivity contribution in [1.82, 2.24) is 29.7 Å². The molecular formula is C12H18N8O. The van der Waals surface area contributed by atoms with Gasteiger partial charge < -0.3 is 15.4 Å². The van der Waals surface area contributed by atoms with Crippen LogP contribution in [0.25, 0.3) is 5.95 Å². The summed E-state index contributed by atoms with van der Waals surface area (Å²) >= 11 is 0. The van der Waals surface area contributed by atoms with Crippen molar-refractivity contribution < 1.29 is 4.74 Å². The Morgan fingerprint density at radius 1 is 1.24 bits per heavy atom. The number of methoxy groups -OCH3 is 1. The number of nitrogen functional groups attached to an aromatic ring is 1. The van der Waals surface area contributed by atoms with Crippen molar-refractivity contribution in [3.63, 3.8) is 0 Å². The first kappa shape index (κ1) is 13.7. The Labute approximate surface area is 122 Å². The van der Waals surface area contributed by atoms with E-state index in [0.29, 0.717) is 17.8 Å². The number of hydrogen-bond donors (Lipinski definition) is 1. The van der Waals surface area contributed by atoms with Crippen LogP contribution in [-0.4, -0.2) is 56.5 Å². The molecule has 0 unspecified atom stereocenters. The maximum absolute atomic E-state index is 5.78. The second kappa shape index (κ2) is 6.00. The van der Waals surface area contributed by atoms with Crippen LogP contribution < -0.4 is 10.6 Å². The zero-order chi connectivity index (χ0) is 14.7. The lowest BCUT2D eigenvalue weighted by Gasteiger charge is -2.31. The van der Waals surface area contributed by atoms with Crippen LogP contribution in [0.15, 0.2) is 12.7 Å². The van der Waals surface area contributed by atoms with Crippen molar-refractivity contribution in [3.8, 4) is 5.95 Å². The fraction of sp³-hybridized carbons (Fsp3) is 0.583. The van der Waals surface area contributed by atoms with Gasteiger partial charge in [0.1, 0.15) is 12.7 Å². The van der Waals surface area contributed by atoms with Crippen molar-refractivity contribution >= 4 is 11.9 Å². The highest BCUT2D eigenvalue weighted by atomic mass is 16.5. The molecule has 2 N–H and O–H groups in total. The minimum Gasteiger partial charge on any atom is -0.384 e. The highest BCUT2D eigenvalue weighted by Gasteiger charge is 2.22. The third kappa shape index (κ3) is 3.07. The number of ether oxygens (including phenoxy) is 1. The first-order chi connectivity index (χ1) is 10.3. The van der Waals surface area contributed by atoms with Gasteiger partial charge in [-0.25, -0.2) is 4.98 Å². The number of anilines is 2. The summed E-state index contributed by atoms with van der Waals surface area (Å²) in [6.45, 7) is 2.57. The van der Waals surface area contributed by atoms with E-state index >= 15 is 0 Å². The molecule has 3 rings (SSSR count). The van der Waals surface area contributed by atoms with E-state index in [0.717, 1.165) is 32.5 Å². The molecule has 0 radical (unpaired) electrons. The van der Waals surface area contributed by atoms with Crippen LogP contribution in [0.3, 0.4) is 0 Å². The quantitative estimate of drug-likeness (QED) is 0.831. The Balaban J connectivity index is 1.77. The molecule has 9 heteroatoms. The van der Waals surface area contributed by atoms with Gasteiger partial charge in [0.05, 0.1) is 0 Å². The minimum atomic E-state index is 0.185. The van der Waals surface area contributed by atoms with Gasteiger partial charge in [-0.2, -0.15) is 24.7 Å². The normalized spacial score (nSPS) is 16.3. The molecule has 0 amide bonds. The summed E-state index contributed by atoms with van der Waals surface area (Å²) in [4.78, 5) is 18.7. The predicted molar refractivity (Wildman–Crippen MR) is 76.0 cm³/mol. The molecular weight excluding hydrogens is 272 g/mol. The van der Waals surface area contributed by atoms with Crippen molar-refractivity contribution in [3.05, 3.63) is 12.7 Å². The van der Waals surface area contributed by atoms with Crippen LogP contribution in [0.2, 0.25) is 0 Å². The fourth-order valence-corrected chi connectivity index (χ4v) is 2.46. The summed E-state index contributed by atoms with van der Waals surface area (Å²) in [5.74, 6) is 1.75. The van der Waals surface area contributed by atoms with Gasteiger partial charge in [-0.3, -0.25) is 0 Å². The van der Waals surface area contributed by atoms with Gasteiger partial charge in [0, 0.05) is 26.8 Å². The number of aromatic nitrogens is 6. The maximum atomic E-state index is 5.78. The first-order valence-electron chi connectivity index (χ1n) is 6.86. The third-order valence-electron chi connectivity index (χ3n) is 3.55. The van der Waals surface area contributed by atoms with Crippen LogP contribution in [-0.2, 0) is 4.74 Å². The van der Waals surface area contributed by atoms with Gasteiger partial charge in [-0.15, -0.1) is 0 Å². The summed E-state index contributed by atoms with van der Waals surface area (Å²) in [6, 6.07) is 0. The SMILES string of the molecule is COCC1CCN(c2nc(N)nc(-n3cncn3)n2)CC1. The summed E-state index contributed by atoms with van der Waals surface area (Å²) in [7, 11) is 1.74. The summed E-state index contributed by atoms with van der Waals surface area (Å²) < 4.78 is 6.68. The topological polar surface area (TPSA) is 108 Å². The van der Waals surface area contributed by atoms with Crippen molar-refractivity contribution in [2.24, 2.45) is 5.92 Å². The van der Waals surface area contributed by atoms with Crippen molar-refractivity contribution in [1.29, 1.82) is 0 Å². The van der Waals surface area contributed by atoms with Gasteiger partial charge in [0.25, 0.3) is 5.95 Å². The minimum absolute atomic E-state index is 0.185. The van der Waals surface area contributed by atoms with E-state index in [1.165, 1.54) is 17.3 Å². The maximum Gasteiger partial charge on any atom is 0.258 e. The van der Waals surface area contributed by atoms with Gasteiger partial charge in [-0.1, -0.05) is 0 Å². The number of nitrogens with zero attached hydrogens (tertiary/aromatic N) is 7. The third-order valence-corrected chi connectivity index (χ3v) is 3.55. The molecule has 1 aliphatic heterocycles. The average Bonchev–Trinajstić information content (AvgIpc) is 3.02. The van der Waals surface area contributed by atoms with Gasteiger partial charge in [-0.05, 0) is 18.8 Å². The Hall–Kier alpha value is -2.29. The predicted octanol–water partition coefficient (Wildman–Crippen LogP) is -0.103. The van der Waals surface area contributed by atoms with Crippen LogP contribution >= 0.6 is 0 Å². The molecule has 0 aliphatic carbocycles. The Bertz CT molecular complexity index is 579. The van der Waals surface area contributed by atoms with E-state index in [9.17, 15) is 0 Å². The number of rotatable bonds is 4. The monoisotopic (exact) mass is 290 g/mol. The Morgan fingerprint density at radius 2 is 2.00 bits per heavy atom. The molecule has 9 nitrogen and oxygen atoms in total. The van der Waals surface area contributed by atoms with Crippen molar-refractivity contribution in [2.75, 3.05) is 37.4 Å².